The lowest BCUT2D eigenvalue weighted by molar-refractivity contribution is 0.302. The Bertz CT molecular complexity index is 773. The van der Waals surface area contributed by atoms with Crippen molar-refractivity contribution < 1.29 is 25.3 Å². The molecule has 4 saturated heterocycles. The van der Waals surface area contributed by atoms with E-state index in [-0.39, 0.29) is 70.0 Å². The monoisotopic (exact) mass is 522 g/mol. The fourth-order valence-electron chi connectivity index (χ4n) is 7.05. The quantitative estimate of drug-likeness (QED) is 0.481. The van der Waals surface area contributed by atoms with Crippen LogP contribution in [0.5, 0.6) is 0 Å². The Hall–Kier alpha value is -0.150. The van der Waals surface area contributed by atoms with Gasteiger partial charge in [0.25, 0.3) is 0 Å². The maximum atomic E-state index is 12.9. The molecule has 0 aromatic carbocycles. The summed E-state index contributed by atoms with van der Waals surface area (Å²) in [7, 11) is -9.41. The third-order valence-corrected chi connectivity index (χ3v) is 14.7. The molecule has 7 fully saturated rings. The van der Waals surface area contributed by atoms with Crippen LogP contribution >= 0.6 is 0 Å². The van der Waals surface area contributed by atoms with Gasteiger partial charge in [-0.2, -0.15) is 0 Å². The Kier molecular flexibility index (Phi) is 8.21. The molecule has 9 heteroatoms. The second-order valence-electron chi connectivity index (χ2n) is 11.9. The summed E-state index contributed by atoms with van der Waals surface area (Å²) in [6.07, 6.45) is 9.78. The standard InChI is InChI=1S/C24H42O6S3/c25-31(26)13-19-1-2-20(4-3-19)14-32(27,28)16-22-9-11-24(12-10-22)18-33(29,30)17-23-7-5-21(15-31)6-8-23/h19-24H,1-18H2/t19-,20+,21-,22-,23+,24+. The molecule has 0 atom stereocenters. The van der Waals surface area contributed by atoms with Gasteiger partial charge >= 0.3 is 0 Å². The van der Waals surface area contributed by atoms with E-state index in [1.54, 1.807) is 0 Å². The van der Waals surface area contributed by atoms with Crippen molar-refractivity contribution in [3.8, 4) is 0 Å². The third kappa shape index (κ3) is 7.92. The van der Waals surface area contributed by atoms with Gasteiger partial charge in [0.05, 0.1) is 34.5 Å². The molecule has 33 heavy (non-hydrogen) atoms. The van der Waals surface area contributed by atoms with E-state index in [1.165, 1.54) is 0 Å². The van der Waals surface area contributed by atoms with E-state index in [0.29, 0.717) is 0 Å². The van der Waals surface area contributed by atoms with Gasteiger partial charge in [-0.05, 0) is 113 Å². The summed E-state index contributed by atoms with van der Waals surface area (Å²) in [5.41, 5.74) is 0. The largest absolute Gasteiger partial charge is 0.229 e. The molecule has 0 aromatic heterocycles. The van der Waals surface area contributed by atoms with Gasteiger partial charge in [0.15, 0.2) is 29.5 Å². The summed E-state index contributed by atoms with van der Waals surface area (Å²) in [4.78, 5) is 0. The molecule has 3 aliphatic carbocycles. The zero-order valence-corrected chi connectivity index (χ0v) is 22.3. The highest BCUT2D eigenvalue weighted by Gasteiger charge is 2.34. The maximum Gasteiger partial charge on any atom is 0.150 e. The van der Waals surface area contributed by atoms with Crippen LogP contribution in [0.3, 0.4) is 0 Å². The number of rotatable bonds is 0. The van der Waals surface area contributed by atoms with Crippen LogP contribution in [0.2, 0.25) is 0 Å². The Morgan fingerprint density at radius 3 is 0.515 bits per heavy atom. The van der Waals surface area contributed by atoms with Crippen LogP contribution in [-0.4, -0.2) is 59.8 Å². The molecule has 0 spiro atoms. The van der Waals surface area contributed by atoms with Crippen LogP contribution in [-0.2, 0) is 29.5 Å². The van der Waals surface area contributed by atoms with E-state index >= 15 is 0 Å². The first-order valence-corrected chi connectivity index (χ1v) is 18.5. The summed E-state index contributed by atoms with van der Waals surface area (Å²) in [6, 6.07) is 0. The van der Waals surface area contributed by atoms with Crippen molar-refractivity contribution in [2.45, 2.75) is 77.0 Å². The van der Waals surface area contributed by atoms with Crippen molar-refractivity contribution in [3.63, 3.8) is 0 Å². The molecule has 192 valence electrons. The minimum atomic E-state index is -3.14. The van der Waals surface area contributed by atoms with E-state index in [0.717, 1.165) is 77.0 Å². The van der Waals surface area contributed by atoms with Crippen molar-refractivity contribution in [1.82, 2.24) is 0 Å². The molecule has 6 bridgehead atoms. The predicted octanol–water partition coefficient (Wildman–Crippen LogP) is 3.66. The summed E-state index contributed by atoms with van der Waals surface area (Å²) >= 11 is 0. The van der Waals surface area contributed by atoms with Crippen molar-refractivity contribution in [3.05, 3.63) is 0 Å². The predicted molar refractivity (Wildman–Crippen MR) is 132 cm³/mol. The van der Waals surface area contributed by atoms with Crippen LogP contribution in [0.15, 0.2) is 0 Å². The van der Waals surface area contributed by atoms with Crippen LogP contribution < -0.4 is 0 Å². The number of hydrogen-bond acceptors (Lipinski definition) is 6. The van der Waals surface area contributed by atoms with E-state index in [2.05, 4.69) is 0 Å². The molecule has 3 saturated carbocycles. The van der Waals surface area contributed by atoms with Gasteiger partial charge in [0.1, 0.15) is 0 Å². The molecule has 0 unspecified atom stereocenters. The molecule has 7 aliphatic rings. The Balaban J connectivity index is 1.45. The molecule has 4 aliphatic heterocycles. The number of fused-ring (bicyclic) bond motifs is 3. The van der Waals surface area contributed by atoms with E-state index < -0.39 is 29.5 Å². The van der Waals surface area contributed by atoms with Gasteiger partial charge < -0.3 is 0 Å². The van der Waals surface area contributed by atoms with Crippen molar-refractivity contribution in [2.24, 2.45) is 35.5 Å². The first-order valence-electron chi connectivity index (χ1n) is 13.1. The maximum absolute atomic E-state index is 12.9. The highest BCUT2D eigenvalue weighted by Crippen LogP contribution is 2.36. The van der Waals surface area contributed by atoms with Gasteiger partial charge in [0, 0.05) is 0 Å². The SMILES string of the molecule is O=S1(=O)C[C@H]2CC[C@H](CC2)CS(=O)(=O)C[C@H]2CC[C@H](CC2)CS(=O)(=O)C[C@H]2CC[C@H](CC2)C1. The van der Waals surface area contributed by atoms with Gasteiger partial charge in [-0.15, -0.1) is 0 Å². The number of sulfone groups is 3. The minimum Gasteiger partial charge on any atom is -0.229 e. The molecular weight excluding hydrogens is 480 g/mol. The second kappa shape index (κ2) is 10.5. The first kappa shape index (κ1) is 25.9. The summed E-state index contributed by atoms with van der Waals surface area (Å²) in [5, 5.41) is 0. The molecule has 0 amide bonds. The van der Waals surface area contributed by atoms with Gasteiger partial charge in [-0.1, -0.05) is 0 Å². The third-order valence-electron chi connectivity index (χ3n) is 8.84. The van der Waals surface area contributed by atoms with Gasteiger partial charge in [0.2, 0.25) is 0 Å². The Labute approximate surface area is 201 Å². The van der Waals surface area contributed by atoms with Crippen LogP contribution in [0.4, 0.5) is 0 Å². The average molecular weight is 523 g/mol. The number of hydrogen-bond donors (Lipinski definition) is 0. The van der Waals surface area contributed by atoms with Crippen LogP contribution in [0, 0.1) is 35.5 Å². The fraction of sp³-hybridized carbons (Fsp3) is 1.00. The smallest absolute Gasteiger partial charge is 0.150 e. The fourth-order valence-corrected chi connectivity index (χ4v) is 13.8. The van der Waals surface area contributed by atoms with Gasteiger partial charge in [-0.25, -0.2) is 25.3 Å². The molecule has 6 nitrogen and oxygen atoms in total. The Morgan fingerprint density at radius 2 is 0.394 bits per heavy atom. The van der Waals surface area contributed by atoms with E-state index in [9.17, 15) is 25.3 Å². The molecular formula is C24H42O6S3. The molecule has 0 aromatic rings. The first-order chi connectivity index (χ1) is 15.5. The lowest BCUT2D eigenvalue weighted by Crippen LogP contribution is -2.30. The summed E-state index contributed by atoms with van der Waals surface area (Å²) in [6.45, 7) is 0. The van der Waals surface area contributed by atoms with Crippen LogP contribution in [0.25, 0.3) is 0 Å². The lowest BCUT2D eigenvalue weighted by Gasteiger charge is -2.30. The molecule has 7 rings (SSSR count). The molecule has 0 N–H and O–H groups in total. The summed E-state index contributed by atoms with van der Waals surface area (Å²) in [5.74, 6) is 2.27. The van der Waals surface area contributed by atoms with Crippen molar-refractivity contribution >= 4 is 29.5 Å². The minimum absolute atomic E-state index is 0.153. The van der Waals surface area contributed by atoms with E-state index in [1.807, 2.05) is 0 Å². The molecule has 0 radical (unpaired) electrons. The zero-order valence-electron chi connectivity index (χ0n) is 19.9. The molecule has 4 heterocycles. The average Bonchev–Trinajstić information content (AvgIpc) is 2.70. The Morgan fingerprint density at radius 1 is 0.273 bits per heavy atom. The lowest BCUT2D eigenvalue weighted by atomic mass is 9.84. The van der Waals surface area contributed by atoms with E-state index in [4.69, 9.17) is 0 Å². The topological polar surface area (TPSA) is 102 Å². The second-order valence-corrected chi connectivity index (χ2v) is 18.4. The summed E-state index contributed by atoms with van der Waals surface area (Å²) < 4.78 is 77.1. The van der Waals surface area contributed by atoms with Gasteiger partial charge in [-0.3, -0.25) is 0 Å². The van der Waals surface area contributed by atoms with Crippen LogP contribution in [0.1, 0.15) is 77.0 Å². The van der Waals surface area contributed by atoms with Crippen molar-refractivity contribution in [2.75, 3.05) is 34.5 Å². The van der Waals surface area contributed by atoms with Crippen molar-refractivity contribution in [1.29, 1.82) is 0 Å². The normalized spacial score (nSPS) is 41.8. The highest BCUT2D eigenvalue weighted by atomic mass is 32.2. The highest BCUT2D eigenvalue weighted by molar-refractivity contribution is 7.91. The zero-order chi connectivity index (χ0) is 23.7.